The van der Waals surface area contributed by atoms with Gasteiger partial charge in [-0.25, -0.2) is 0 Å². The van der Waals surface area contributed by atoms with E-state index in [0.29, 0.717) is 22.8 Å². The summed E-state index contributed by atoms with van der Waals surface area (Å²) < 4.78 is 57.2. The van der Waals surface area contributed by atoms with Crippen LogP contribution in [-0.2, 0) is 0 Å². The van der Waals surface area contributed by atoms with Crippen molar-refractivity contribution in [1.82, 2.24) is 9.80 Å². The summed E-state index contributed by atoms with van der Waals surface area (Å²) in [6.07, 6.45) is -4.41. The summed E-state index contributed by atoms with van der Waals surface area (Å²) in [5.74, 6) is 0.736. The fourth-order valence-corrected chi connectivity index (χ4v) is 3.81. The van der Waals surface area contributed by atoms with Crippen molar-refractivity contribution >= 4 is 5.91 Å². The highest BCUT2D eigenvalue weighted by Crippen LogP contribution is 2.40. The zero-order valence-corrected chi connectivity index (χ0v) is 17.6. The molecule has 1 amide bonds. The molecule has 0 radical (unpaired) electrons. The van der Waals surface area contributed by atoms with E-state index in [1.165, 1.54) is 43.3 Å². The molecule has 3 rings (SSSR count). The molecule has 168 valence electrons. The second-order valence-corrected chi connectivity index (χ2v) is 7.10. The van der Waals surface area contributed by atoms with Gasteiger partial charge in [0.1, 0.15) is 6.04 Å². The summed E-state index contributed by atoms with van der Waals surface area (Å²) in [7, 11) is 4.36. The average Bonchev–Trinajstić information content (AvgIpc) is 2.78. The molecule has 1 unspecified atom stereocenters. The van der Waals surface area contributed by atoms with Gasteiger partial charge in [0.25, 0.3) is 5.91 Å². The molecule has 0 N–H and O–H groups in total. The van der Waals surface area contributed by atoms with Crippen LogP contribution in [0.1, 0.15) is 22.0 Å². The van der Waals surface area contributed by atoms with E-state index in [2.05, 4.69) is 0 Å². The lowest BCUT2D eigenvalue weighted by molar-refractivity contribution is -0.189. The quantitative estimate of drug-likeness (QED) is 0.687. The standard InChI is InChI=1S/C22H25F3N2O4/c1-29-17-13-16(14-18(30-2)19(17)31-3)21(28)27-11-9-26(10-12-27)20(22(23,24)25)15-7-5-4-6-8-15/h4-8,13-14,20H,9-12H2,1-3H3. The molecule has 1 aliphatic rings. The highest BCUT2D eigenvalue weighted by Gasteiger charge is 2.45. The predicted octanol–water partition coefficient (Wildman–Crippen LogP) is 3.77. The van der Waals surface area contributed by atoms with Crippen molar-refractivity contribution in [3.05, 3.63) is 53.6 Å². The lowest BCUT2D eigenvalue weighted by Crippen LogP contribution is -2.52. The van der Waals surface area contributed by atoms with Gasteiger partial charge in [0.2, 0.25) is 5.75 Å². The van der Waals surface area contributed by atoms with Crippen molar-refractivity contribution < 1.29 is 32.2 Å². The summed E-state index contributed by atoms with van der Waals surface area (Å²) in [6, 6.07) is 9.21. The van der Waals surface area contributed by atoms with Crippen LogP contribution in [0.4, 0.5) is 13.2 Å². The second kappa shape index (κ2) is 9.47. The van der Waals surface area contributed by atoms with E-state index in [4.69, 9.17) is 14.2 Å². The van der Waals surface area contributed by atoms with Gasteiger partial charge in [-0.1, -0.05) is 30.3 Å². The van der Waals surface area contributed by atoms with Crippen LogP contribution in [0.5, 0.6) is 17.2 Å². The van der Waals surface area contributed by atoms with Gasteiger partial charge in [-0.15, -0.1) is 0 Å². The number of ether oxygens (including phenoxy) is 3. The molecule has 1 atom stereocenters. The van der Waals surface area contributed by atoms with Crippen LogP contribution in [0.15, 0.2) is 42.5 Å². The first kappa shape index (κ1) is 22.7. The first-order chi connectivity index (χ1) is 14.8. The molecule has 1 saturated heterocycles. The molecule has 0 bridgehead atoms. The van der Waals surface area contributed by atoms with Crippen LogP contribution in [0, 0.1) is 0 Å². The number of amides is 1. The van der Waals surface area contributed by atoms with Gasteiger partial charge in [0.15, 0.2) is 11.5 Å². The Hall–Kier alpha value is -2.94. The van der Waals surface area contributed by atoms with E-state index in [1.807, 2.05) is 0 Å². The third kappa shape index (κ3) is 4.87. The number of methoxy groups -OCH3 is 3. The second-order valence-electron chi connectivity index (χ2n) is 7.10. The topological polar surface area (TPSA) is 51.2 Å². The maximum absolute atomic E-state index is 13.8. The van der Waals surface area contributed by atoms with Crippen molar-refractivity contribution in [3.8, 4) is 17.2 Å². The molecule has 2 aromatic rings. The van der Waals surface area contributed by atoms with Crippen LogP contribution in [0.25, 0.3) is 0 Å². The summed E-state index contributed by atoms with van der Waals surface area (Å²) in [6.45, 7) is 0.564. The molecule has 0 saturated carbocycles. The Bertz CT molecular complexity index is 872. The van der Waals surface area contributed by atoms with E-state index in [0.717, 1.165) is 0 Å². The number of benzene rings is 2. The predicted molar refractivity (Wildman–Crippen MR) is 109 cm³/mol. The number of hydrogen-bond donors (Lipinski definition) is 0. The van der Waals surface area contributed by atoms with Crippen LogP contribution >= 0.6 is 0 Å². The molecular weight excluding hydrogens is 413 g/mol. The van der Waals surface area contributed by atoms with Crippen molar-refractivity contribution in [2.75, 3.05) is 47.5 Å². The average molecular weight is 438 g/mol. The largest absolute Gasteiger partial charge is 0.493 e. The first-order valence-electron chi connectivity index (χ1n) is 9.75. The highest BCUT2D eigenvalue weighted by molar-refractivity contribution is 5.95. The summed E-state index contributed by atoms with van der Waals surface area (Å²) in [4.78, 5) is 15.9. The molecule has 6 nitrogen and oxygen atoms in total. The summed E-state index contributed by atoms with van der Waals surface area (Å²) in [5, 5.41) is 0. The Morgan fingerprint density at radius 2 is 1.45 bits per heavy atom. The number of piperazine rings is 1. The molecule has 2 aromatic carbocycles. The number of carbonyl (C=O) groups excluding carboxylic acids is 1. The van der Waals surface area contributed by atoms with Crippen molar-refractivity contribution in [2.24, 2.45) is 0 Å². The Morgan fingerprint density at radius 1 is 0.903 bits per heavy atom. The maximum Gasteiger partial charge on any atom is 0.408 e. The number of carbonyl (C=O) groups is 1. The van der Waals surface area contributed by atoms with E-state index in [9.17, 15) is 18.0 Å². The minimum absolute atomic E-state index is 0.106. The number of nitrogens with zero attached hydrogens (tertiary/aromatic N) is 2. The van der Waals surface area contributed by atoms with E-state index in [-0.39, 0.29) is 37.6 Å². The minimum Gasteiger partial charge on any atom is -0.493 e. The summed E-state index contributed by atoms with van der Waals surface area (Å²) in [5.41, 5.74) is 0.512. The van der Waals surface area contributed by atoms with Gasteiger partial charge in [-0.05, 0) is 17.7 Å². The molecule has 0 spiro atoms. The van der Waals surface area contributed by atoms with Crippen LogP contribution in [0.3, 0.4) is 0 Å². The molecular formula is C22H25F3N2O4. The molecule has 31 heavy (non-hydrogen) atoms. The normalized spacial score (nSPS) is 16.0. The fraction of sp³-hybridized carbons (Fsp3) is 0.409. The third-order valence-electron chi connectivity index (χ3n) is 5.30. The number of rotatable bonds is 6. The molecule has 1 heterocycles. The molecule has 0 aliphatic carbocycles. The van der Waals surface area contributed by atoms with Crippen LogP contribution < -0.4 is 14.2 Å². The SMILES string of the molecule is COc1cc(C(=O)N2CCN(C(c3ccccc3)C(F)(F)F)CC2)cc(OC)c1OC. The molecule has 0 aromatic heterocycles. The van der Waals surface area contributed by atoms with Gasteiger partial charge >= 0.3 is 6.18 Å². The molecule has 9 heteroatoms. The number of alkyl halides is 3. The number of hydrogen-bond acceptors (Lipinski definition) is 5. The Labute approximate surface area is 179 Å². The van der Waals surface area contributed by atoms with Crippen molar-refractivity contribution in [2.45, 2.75) is 12.2 Å². The third-order valence-corrected chi connectivity index (χ3v) is 5.30. The zero-order chi connectivity index (χ0) is 22.6. The zero-order valence-electron chi connectivity index (χ0n) is 17.6. The Balaban J connectivity index is 1.77. The van der Waals surface area contributed by atoms with Crippen LogP contribution in [0.2, 0.25) is 0 Å². The van der Waals surface area contributed by atoms with Crippen molar-refractivity contribution in [1.29, 1.82) is 0 Å². The monoisotopic (exact) mass is 438 g/mol. The first-order valence-corrected chi connectivity index (χ1v) is 9.75. The van der Waals surface area contributed by atoms with Gasteiger partial charge in [0.05, 0.1) is 21.3 Å². The van der Waals surface area contributed by atoms with Gasteiger partial charge in [0, 0.05) is 31.7 Å². The van der Waals surface area contributed by atoms with Crippen LogP contribution in [-0.4, -0.2) is 69.4 Å². The summed E-state index contributed by atoms with van der Waals surface area (Å²) >= 11 is 0. The smallest absolute Gasteiger partial charge is 0.408 e. The van der Waals surface area contributed by atoms with E-state index < -0.39 is 12.2 Å². The van der Waals surface area contributed by atoms with E-state index in [1.54, 1.807) is 30.3 Å². The Kier molecular flexibility index (Phi) is 6.94. The highest BCUT2D eigenvalue weighted by atomic mass is 19.4. The molecule has 1 aliphatic heterocycles. The lowest BCUT2D eigenvalue weighted by atomic mass is 10.0. The van der Waals surface area contributed by atoms with Crippen molar-refractivity contribution in [3.63, 3.8) is 0 Å². The maximum atomic E-state index is 13.8. The lowest BCUT2D eigenvalue weighted by Gasteiger charge is -2.40. The minimum atomic E-state index is -4.41. The van der Waals surface area contributed by atoms with Gasteiger partial charge < -0.3 is 19.1 Å². The van der Waals surface area contributed by atoms with E-state index >= 15 is 0 Å². The Morgan fingerprint density at radius 3 is 1.90 bits per heavy atom. The van der Waals surface area contributed by atoms with Gasteiger partial charge in [-0.3, -0.25) is 9.69 Å². The fourth-order valence-electron chi connectivity index (χ4n) is 3.81. The molecule has 1 fully saturated rings. The van der Waals surface area contributed by atoms with Gasteiger partial charge in [-0.2, -0.15) is 13.2 Å². The number of halogens is 3.